The third kappa shape index (κ3) is 4.22. The van der Waals surface area contributed by atoms with Gasteiger partial charge in [0.05, 0.1) is 11.4 Å². The van der Waals surface area contributed by atoms with E-state index in [1.54, 1.807) is 41.2 Å². The molecule has 0 fully saturated rings. The van der Waals surface area contributed by atoms with E-state index in [1.807, 2.05) is 24.3 Å². The molecule has 0 aliphatic rings. The largest absolute Gasteiger partial charge is 0.366 e. The van der Waals surface area contributed by atoms with Crippen molar-refractivity contribution < 1.29 is 9.59 Å². The maximum Gasteiger partial charge on any atom is 0.248 e. The summed E-state index contributed by atoms with van der Waals surface area (Å²) in [5.41, 5.74) is 8.34. The Balaban J connectivity index is 1.45. The Labute approximate surface area is 169 Å². The van der Waals surface area contributed by atoms with Gasteiger partial charge in [0.25, 0.3) is 0 Å². The molecule has 0 spiro atoms. The molecule has 0 radical (unpaired) electrons. The summed E-state index contributed by atoms with van der Waals surface area (Å²) in [4.78, 5) is 27.4. The molecular formula is C19H15N7O2S. The van der Waals surface area contributed by atoms with Crippen LogP contribution in [0.3, 0.4) is 0 Å². The number of carbonyl (C=O) groups is 2. The van der Waals surface area contributed by atoms with Gasteiger partial charge in [-0.15, -0.1) is 10.2 Å². The highest BCUT2D eigenvalue weighted by Gasteiger charge is 2.12. The van der Waals surface area contributed by atoms with Crippen LogP contribution in [0.15, 0.2) is 66.1 Å². The number of primary amides is 1. The Morgan fingerprint density at radius 1 is 1.07 bits per heavy atom. The fraction of sp³-hybridized carbons (Fsp3) is 0.0526. The number of fused-ring (bicyclic) bond motifs is 1. The summed E-state index contributed by atoms with van der Waals surface area (Å²) >= 11 is 1.22. The van der Waals surface area contributed by atoms with Crippen molar-refractivity contribution in [2.45, 2.75) is 5.16 Å². The van der Waals surface area contributed by atoms with Crippen molar-refractivity contribution in [2.75, 3.05) is 11.1 Å². The summed E-state index contributed by atoms with van der Waals surface area (Å²) in [5.74, 6) is -0.616. The number of pyridine rings is 1. The Morgan fingerprint density at radius 2 is 1.90 bits per heavy atom. The second-order valence-electron chi connectivity index (χ2n) is 5.99. The number of aromatic nitrogens is 5. The zero-order valence-corrected chi connectivity index (χ0v) is 15.8. The van der Waals surface area contributed by atoms with Gasteiger partial charge < -0.3 is 11.1 Å². The monoisotopic (exact) mass is 405 g/mol. The second-order valence-corrected chi connectivity index (χ2v) is 6.93. The SMILES string of the molecule is NC(=O)c1ccc(NC(=O)CSc2nnc3ccc(-c4cccnc4)nn23)cc1. The molecule has 0 saturated heterocycles. The van der Waals surface area contributed by atoms with Crippen LogP contribution in [0, 0.1) is 0 Å². The van der Waals surface area contributed by atoms with Crippen molar-refractivity contribution in [1.29, 1.82) is 0 Å². The van der Waals surface area contributed by atoms with Crippen molar-refractivity contribution in [3.63, 3.8) is 0 Å². The molecule has 0 atom stereocenters. The number of carbonyl (C=O) groups excluding carboxylic acids is 2. The highest BCUT2D eigenvalue weighted by Crippen LogP contribution is 2.20. The Bertz CT molecular complexity index is 1180. The lowest BCUT2D eigenvalue weighted by Crippen LogP contribution is -2.15. The molecule has 0 aliphatic heterocycles. The van der Waals surface area contributed by atoms with E-state index in [2.05, 4.69) is 25.6 Å². The quantitative estimate of drug-likeness (QED) is 0.470. The van der Waals surface area contributed by atoms with Gasteiger partial charge >= 0.3 is 0 Å². The molecule has 10 heteroatoms. The number of anilines is 1. The van der Waals surface area contributed by atoms with Crippen LogP contribution in [0.5, 0.6) is 0 Å². The maximum atomic E-state index is 12.2. The van der Waals surface area contributed by atoms with Crippen molar-refractivity contribution in [2.24, 2.45) is 5.73 Å². The standard InChI is InChI=1S/C19H15N7O2S/c20-18(28)12-3-5-14(6-4-12)22-17(27)11-29-19-24-23-16-8-7-15(25-26(16)19)13-2-1-9-21-10-13/h1-10H,11H2,(H2,20,28)(H,22,27). The van der Waals surface area contributed by atoms with Gasteiger partial charge in [-0.3, -0.25) is 14.6 Å². The fourth-order valence-corrected chi connectivity index (χ4v) is 3.26. The first kappa shape index (κ1) is 18.6. The number of hydrogen-bond donors (Lipinski definition) is 2. The summed E-state index contributed by atoms with van der Waals surface area (Å²) in [6.07, 6.45) is 3.42. The number of nitrogens with one attached hydrogen (secondary N) is 1. The highest BCUT2D eigenvalue weighted by atomic mass is 32.2. The van der Waals surface area contributed by atoms with E-state index in [4.69, 9.17) is 5.73 Å². The van der Waals surface area contributed by atoms with E-state index < -0.39 is 5.91 Å². The molecule has 0 unspecified atom stereocenters. The lowest BCUT2D eigenvalue weighted by molar-refractivity contribution is -0.113. The molecule has 3 N–H and O–H groups in total. The average molecular weight is 405 g/mol. The molecule has 3 heterocycles. The number of thioether (sulfide) groups is 1. The predicted molar refractivity (Wildman–Crippen MR) is 108 cm³/mol. The van der Waals surface area contributed by atoms with Crippen molar-refractivity contribution in [3.8, 4) is 11.3 Å². The van der Waals surface area contributed by atoms with E-state index in [1.165, 1.54) is 11.8 Å². The molecule has 2 amide bonds. The molecule has 9 nitrogen and oxygen atoms in total. The van der Waals surface area contributed by atoms with Crippen molar-refractivity contribution in [3.05, 3.63) is 66.5 Å². The zero-order valence-electron chi connectivity index (χ0n) is 15.0. The van der Waals surface area contributed by atoms with Crippen LogP contribution in [-0.2, 0) is 4.79 Å². The number of nitrogens with zero attached hydrogens (tertiary/aromatic N) is 5. The third-order valence-electron chi connectivity index (χ3n) is 3.98. The van der Waals surface area contributed by atoms with E-state index >= 15 is 0 Å². The molecule has 0 saturated carbocycles. The summed E-state index contributed by atoms with van der Waals surface area (Å²) in [5, 5.41) is 16.0. The van der Waals surface area contributed by atoms with Crippen LogP contribution in [0.4, 0.5) is 5.69 Å². The third-order valence-corrected chi connectivity index (χ3v) is 4.90. The maximum absolute atomic E-state index is 12.2. The molecule has 144 valence electrons. The predicted octanol–water partition coefficient (Wildman–Crippen LogP) is 2.02. The normalized spacial score (nSPS) is 10.8. The van der Waals surface area contributed by atoms with Gasteiger partial charge in [-0.2, -0.15) is 9.61 Å². The van der Waals surface area contributed by atoms with Crippen LogP contribution < -0.4 is 11.1 Å². The lowest BCUT2D eigenvalue weighted by atomic mass is 10.2. The molecule has 0 aliphatic carbocycles. The number of rotatable bonds is 6. The summed E-state index contributed by atoms with van der Waals surface area (Å²) in [6.45, 7) is 0. The first-order chi connectivity index (χ1) is 14.1. The Morgan fingerprint density at radius 3 is 2.62 bits per heavy atom. The average Bonchev–Trinajstić information content (AvgIpc) is 3.15. The molecule has 4 rings (SSSR count). The Kier molecular flexibility index (Phi) is 5.16. The van der Waals surface area contributed by atoms with Gasteiger partial charge in [0.15, 0.2) is 5.65 Å². The van der Waals surface area contributed by atoms with Crippen molar-refractivity contribution in [1.82, 2.24) is 24.8 Å². The minimum Gasteiger partial charge on any atom is -0.366 e. The van der Waals surface area contributed by atoms with Gasteiger partial charge in [-0.25, -0.2) is 0 Å². The van der Waals surface area contributed by atoms with Gasteiger partial charge in [0.1, 0.15) is 0 Å². The Hall–Kier alpha value is -3.79. The van der Waals surface area contributed by atoms with Crippen LogP contribution in [0.1, 0.15) is 10.4 Å². The first-order valence-corrected chi connectivity index (χ1v) is 9.54. The van der Waals surface area contributed by atoms with Gasteiger partial charge in [0.2, 0.25) is 17.0 Å². The van der Waals surface area contributed by atoms with Crippen molar-refractivity contribution >= 4 is 34.9 Å². The molecule has 3 aromatic heterocycles. The smallest absolute Gasteiger partial charge is 0.248 e. The van der Waals surface area contributed by atoms with E-state index in [-0.39, 0.29) is 11.7 Å². The van der Waals surface area contributed by atoms with E-state index in [0.717, 1.165) is 11.3 Å². The topological polar surface area (TPSA) is 128 Å². The summed E-state index contributed by atoms with van der Waals surface area (Å²) in [7, 11) is 0. The number of nitrogens with two attached hydrogens (primary N) is 1. The first-order valence-electron chi connectivity index (χ1n) is 8.55. The van der Waals surface area contributed by atoms with Crippen LogP contribution >= 0.6 is 11.8 Å². The van der Waals surface area contributed by atoms with E-state index in [9.17, 15) is 9.59 Å². The van der Waals surface area contributed by atoms with Crippen LogP contribution in [0.2, 0.25) is 0 Å². The number of benzene rings is 1. The molecule has 4 aromatic rings. The van der Waals surface area contributed by atoms with Crippen LogP contribution in [0.25, 0.3) is 16.9 Å². The minimum atomic E-state index is -0.518. The van der Waals surface area contributed by atoms with Gasteiger partial charge in [0, 0.05) is 29.2 Å². The van der Waals surface area contributed by atoms with Gasteiger partial charge in [-0.1, -0.05) is 11.8 Å². The fourth-order valence-electron chi connectivity index (χ4n) is 2.57. The van der Waals surface area contributed by atoms with Crippen LogP contribution in [-0.4, -0.2) is 42.4 Å². The zero-order chi connectivity index (χ0) is 20.2. The summed E-state index contributed by atoms with van der Waals surface area (Å²) in [6, 6.07) is 13.8. The number of amides is 2. The highest BCUT2D eigenvalue weighted by molar-refractivity contribution is 7.99. The molecule has 29 heavy (non-hydrogen) atoms. The molecule has 0 bridgehead atoms. The lowest BCUT2D eigenvalue weighted by Gasteiger charge is -2.05. The molecular weight excluding hydrogens is 390 g/mol. The molecule has 1 aromatic carbocycles. The van der Waals surface area contributed by atoms with Gasteiger partial charge in [-0.05, 0) is 48.5 Å². The second kappa shape index (κ2) is 8.07. The summed E-state index contributed by atoms with van der Waals surface area (Å²) < 4.78 is 1.60. The van der Waals surface area contributed by atoms with E-state index in [0.29, 0.717) is 22.1 Å². The minimum absolute atomic E-state index is 0.122. The number of hydrogen-bond acceptors (Lipinski definition) is 7.